The van der Waals surface area contributed by atoms with Crippen LogP contribution in [0.1, 0.15) is 47.9 Å². The summed E-state index contributed by atoms with van der Waals surface area (Å²) in [5.41, 5.74) is 2.33. The van der Waals surface area contributed by atoms with Crippen molar-refractivity contribution in [2.75, 3.05) is 0 Å². The SMILES string of the molecule is C=CCCCC(=O)c1cc(C)nnc1CC. The number of hydrogen-bond acceptors (Lipinski definition) is 3. The molecule has 0 N–H and O–H groups in total. The van der Waals surface area contributed by atoms with Crippen LogP contribution in [0.15, 0.2) is 18.7 Å². The minimum absolute atomic E-state index is 0.164. The zero-order valence-electron chi connectivity index (χ0n) is 9.99. The van der Waals surface area contributed by atoms with Crippen LogP contribution in [0.25, 0.3) is 0 Å². The molecule has 0 spiro atoms. The fourth-order valence-electron chi connectivity index (χ4n) is 1.56. The first-order chi connectivity index (χ1) is 7.69. The van der Waals surface area contributed by atoms with Crippen LogP contribution < -0.4 is 0 Å². The number of aromatic nitrogens is 2. The number of Topliss-reactive ketones (excluding diaryl/α,β-unsaturated/α-hetero) is 1. The lowest BCUT2D eigenvalue weighted by molar-refractivity contribution is 0.0978. The molecule has 1 heterocycles. The van der Waals surface area contributed by atoms with E-state index in [2.05, 4.69) is 16.8 Å². The third-order valence-electron chi connectivity index (χ3n) is 2.44. The second-order valence-electron chi connectivity index (χ2n) is 3.80. The number of aryl methyl sites for hydroxylation is 2. The quantitative estimate of drug-likeness (QED) is 0.419. The maximum absolute atomic E-state index is 11.9. The first-order valence-electron chi connectivity index (χ1n) is 5.66. The predicted molar refractivity (Wildman–Crippen MR) is 64.5 cm³/mol. The van der Waals surface area contributed by atoms with Crippen LogP contribution in [0.2, 0.25) is 0 Å². The molecular formula is C13H18N2O. The highest BCUT2D eigenvalue weighted by molar-refractivity contribution is 5.97. The van der Waals surface area contributed by atoms with Gasteiger partial charge in [0.25, 0.3) is 0 Å². The molecule has 1 rings (SSSR count). The van der Waals surface area contributed by atoms with Gasteiger partial charge in [0.1, 0.15) is 0 Å². The number of unbranched alkanes of at least 4 members (excludes halogenated alkanes) is 1. The van der Waals surface area contributed by atoms with Gasteiger partial charge >= 0.3 is 0 Å². The van der Waals surface area contributed by atoms with Crippen LogP contribution in [-0.4, -0.2) is 16.0 Å². The first-order valence-corrected chi connectivity index (χ1v) is 5.66. The van der Waals surface area contributed by atoms with Gasteiger partial charge < -0.3 is 0 Å². The Balaban J connectivity index is 2.80. The fourth-order valence-corrected chi connectivity index (χ4v) is 1.56. The van der Waals surface area contributed by atoms with Gasteiger partial charge in [-0.3, -0.25) is 4.79 Å². The van der Waals surface area contributed by atoms with Gasteiger partial charge in [0.2, 0.25) is 0 Å². The molecule has 0 atom stereocenters. The van der Waals surface area contributed by atoms with E-state index in [9.17, 15) is 4.79 Å². The summed E-state index contributed by atoms with van der Waals surface area (Å²) in [7, 11) is 0. The van der Waals surface area contributed by atoms with E-state index in [0.717, 1.165) is 36.2 Å². The van der Waals surface area contributed by atoms with E-state index in [1.807, 2.05) is 26.0 Å². The van der Waals surface area contributed by atoms with Crippen molar-refractivity contribution in [1.29, 1.82) is 0 Å². The van der Waals surface area contributed by atoms with Crippen molar-refractivity contribution in [2.45, 2.75) is 39.5 Å². The highest BCUT2D eigenvalue weighted by Gasteiger charge is 2.11. The third-order valence-corrected chi connectivity index (χ3v) is 2.44. The molecule has 0 saturated carbocycles. The Morgan fingerprint density at radius 2 is 2.25 bits per heavy atom. The summed E-state index contributed by atoms with van der Waals surface area (Å²) in [6.07, 6.45) is 4.88. The second-order valence-corrected chi connectivity index (χ2v) is 3.80. The summed E-state index contributed by atoms with van der Waals surface area (Å²) in [5.74, 6) is 0.164. The Bertz CT molecular complexity index is 386. The number of ketones is 1. The largest absolute Gasteiger partial charge is 0.294 e. The van der Waals surface area contributed by atoms with Gasteiger partial charge in [-0.25, -0.2) is 0 Å². The van der Waals surface area contributed by atoms with Crippen LogP contribution in [0.5, 0.6) is 0 Å². The van der Waals surface area contributed by atoms with Crippen molar-refractivity contribution >= 4 is 5.78 Å². The second kappa shape index (κ2) is 6.16. The molecule has 0 aromatic carbocycles. The molecule has 1 aromatic rings. The monoisotopic (exact) mass is 218 g/mol. The zero-order chi connectivity index (χ0) is 12.0. The average molecular weight is 218 g/mol. The highest BCUT2D eigenvalue weighted by atomic mass is 16.1. The van der Waals surface area contributed by atoms with Gasteiger partial charge in [-0.2, -0.15) is 10.2 Å². The molecule has 0 fully saturated rings. The van der Waals surface area contributed by atoms with Gasteiger partial charge in [-0.15, -0.1) is 6.58 Å². The van der Waals surface area contributed by atoms with Crippen LogP contribution in [-0.2, 0) is 6.42 Å². The van der Waals surface area contributed by atoms with Crippen LogP contribution in [0, 0.1) is 6.92 Å². The van der Waals surface area contributed by atoms with Crippen molar-refractivity contribution in [1.82, 2.24) is 10.2 Å². The molecule has 0 amide bonds. The molecule has 1 aromatic heterocycles. The molecule has 0 aliphatic rings. The third kappa shape index (κ3) is 3.26. The van der Waals surface area contributed by atoms with Crippen LogP contribution in [0.4, 0.5) is 0 Å². The Morgan fingerprint density at radius 1 is 1.50 bits per heavy atom. The number of hydrogen-bond donors (Lipinski definition) is 0. The number of nitrogens with zero attached hydrogens (tertiary/aromatic N) is 2. The Hall–Kier alpha value is -1.51. The summed E-state index contributed by atoms with van der Waals surface area (Å²) in [5, 5.41) is 8.03. The summed E-state index contributed by atoms with van der Waals surface area (Å²) >= 11 is 0. The number of rotatable bonds is 6. The number of carbonyl (C=O) groups is 1. The molecule has 16 heavy (non-hydrogen) atoms. The van der Waals surface area contributed by atoms with E-state index >= 15 is 0 Å². The summed E-state index contributed by atoms with van der Waals surface area (Å²) < 4.78 is 0. The molecule has 86 valence electrons. The van der Waals surface area contributed by atoms with Crippen molar-refractivity contribution in [2.24, 2.45) is 0 Å². The predicted octanol–water partition coefficient (Wildman–Crippen LogP) is 2.89. The maximum Gasteiger partial charge on any atom is 0.164 e. The zero-order valence-corrected chi connectivity index (χ0v) is 9.99. The highest BCUT2D eigenvalue weighted by Crippen LogP contribution is 2.12. The van der Waals surface area contributed by atoms with Crippen LogP contribution in [0.3, 0.4) is 0 Å². The van der Waals surface area contributed by atoms with Gasteiger partial charge in [-0.1, -0.05) is 13.0 Å². The molecule has 0 unspecified atom stereocenters. The Morgan fingerprint density at radius 3 is 2.88 bits per heavy atom. The molecule has 0 saturated heterocycles. The Kier molecular flexibility index (Phi) is 4.83. The molecule has 3 nitrogen and oxygen atoms in total. The smallest absolute Gasteiger partial charge is 0.164 e. The van der Waals surface area contributed by atoms with Gasteiger partial charge in [0.05, 0.1) is 11.4 Å². The van der Waals surface area contributed by atoms with E-state index in [1.54, 1.807) is 0 Å². The van der Waals surface area contributed by atoms with Crippen LogP contribution >= 0.6 is 0 Å². The average Bonchev–Trinajstić information content (AvgIpc) is 2.29. The lowest BCUT2D eigenvalue weighted by Crippen LogP contribution is -2.07. The fraction of sp³-hybridized carbons (Fsp3) is 0.462. The lowest BCUT2D eigenvalue weighted by Gasteiger charge is -2.05. The molecule has 0 radical (unpaired) electrons. The Labute approximate surface area is 96.6 Å². The summed E-state index contributed by atoms with van der Waals surface area (Å²) in [6, 6.07) is 1.84. The molecule has 3 heteroatoms. The van der Waals surface area contributed by atoms with Crippen molar-refractivity contribution in [3.8, 4) is 0 Å². The van der Waals surface area contributed by atoms with Crippen molar-refractivity contribution < 1.29 is 4.79 Å². The van der Waals surface area contributed by atoms with E-state index in [4.69, 9.17) is 0 Å². The minimum atomic E-state index is 0.164. The van der Waals surface area contributed by atoms with Crippen molar-refractivity contribution in [3.05, 3.63) is 35.7 Å². The van der Waals surface area contributed by atoms with Gasteiger partial charge in [0.15, 0.2) is 5.78 Å². The lowest BCUT2D eigenvalue weighted by atomic mass is 10.0. The first kappa shape index (κ1) is 12.6. The topological polar surface area (TPSA) is 42.9 Å². The normalized spacial score (nSPS) is 10.1. The summed E-state index contributed by atoms with van der Waals surface area (Å²) in [6.45, 7) is 7.48. The van der Waals surface area contributed by atoms with Gasteiger partial charge in [0, 0.05) is 12.0 Å². The number of carbonyl (C=O) groups excluding carboxylic acids is 1. The minimum Gasteiger partial charge on any atom is -0.294 e. The standard InChI is InChI=1S/C13H18N2O/c1-4-6-7-8-13(16)11-9-10(3)14-15-12(11)5-2/h4,9H,1,5-8H2,2-3H3. The molecule has 0 aliphatic heterocycles. The van der Waals surface area contributed by atoms with E-state index in [-0.39, 0.29) is 5.78 Å². The maximum atomic E-state index is 11.9. The van der Waals surface area contributed by atoms with E-state index < -0.39 is 0 Å². The molecule has 0 aliphatic carbocycles. The van der Waals surface area contributed by atoms with Crippen molar-refractivity contribution in [3.63, 3.8) is 0 Å². The van der Waals surface area contributed by atoms with E-state index in [1.165, 1.54) is 0 Å². The number of allylic oxidation sites excluding steroid dienone is 1. The summed E-state index contributed by atoms with van der Waals surface area (Å²) in [4.78, 5) is 11.9. The van der Waals surface area contributed by atoms with E-state index in [0.29, 0.717) is 6.42 Å². The molecule has 0 bridgehead atoms. The van der Waals surface area contributed by atoms with Gasteiger partial charge in [-0.05, 0) is 32.3 Å². The molecular weight excluding hydrogens is 200 g/mol.